The van der Waals surface area contributed by atoms with Crippen molar-refractivity contribution in [3.8, 4) is 5.69 Å². The maximum atomic E-state index is 12.3. The van der Waals surface area contributed by atoms with Crippen molar-refractivity contribution in [2.75, 3.05) is 5.73 Å². The molecule has 0 spiro atoms. The molecule has 0 bridgehead atoms. The summed E-state index contributed by atoms with van der Waals surface area (Å²) in [4.78, 5) is -0.429. The van der Waals surface area contributed by atoms with Gasteiger partial charge in [-0.1, -0.05) is 0 Å². The van der Waals surface area contributed by atoms with Crippen LogP contribution >= 0.6 is 0 Å². The van der Waals surface area contributed by atoms with Crippen LogP contribution in [-0.4, -0.2) is 24.0 Å². The predicted octanol–water partition coefficient (Wildman–Crippen LogP) is 1.45. The van der Waals surface area contributed by atoms with Gasteiger partial charge >= 0.3 is 5.76 Å². The van der Waals surface area contributed by atoms with Gasteiger partial charge in [0.15, 0.2) is 0 Å². The zero-order chi connectivity index (χ0) is 13.3. The number of nitrogens with zero attached hydrogens (tertiary/aromatic N) is 2. The van der Waals surface area contributed by atoms with Crippen LogP contribution in [0.15, 0.2) is 41.4 Å². The van der Waals surface area contributed by atoms with Gasteiger partial charge in [-0.15, -0.1) is 0 Å². The second-order valence-electron chi connectivity index (χ2n) is 3.48. The number of hydrogen-bond acceptors (Lipinski definition) is 4. The number of aromatic nitrogens is 2. The van der Waals surface area contributed by atoms with Crippen LogP contribution in [0.3, 0.4) is 0 Å². The van der Waals surface area contributed by atoms with E-state index in [1.165, 1.54) is 16.8 Å². The molecule has 0 fully saturated rings. The van der Waals surface area contributed by atoms with Gasteiger partial charge in [0.2, 0.25) is 9.84 Å². The van der Waals surface area contributed by atoms with E-state index in [1.54, 1.807) is 12.3 Å². The highest BCUT2D eigenvalue weighted by Crippen LogP contribution is 2.19. The quantitative estimate of drug-likeness (QED) is 0.918. The van der Waals surface area contributed by atoms with E-state index >= 15 is 0 Å². The van der Waals surface area contributed by atoms with E-state index in [1.807, 2.05) is 0 Å². The van der Waals surface area contributed by atoms with Crippen molar-refractivity contribution in [2.24, 2.45) is 0 Å². The molecule has 0 aliphatic carbocycles. The number of anilines is 1. The van der Waals surface area contributed by atoms with E-state index in [9.17, 15) is 17.2 Å². The fourth-order valence-corrected chi connectivity index (χ4v) is 2.09. The van der Waals surface area contributed by atoms with E-state index in [4.69, 9.17) is 5.73 Å². The molecule has 0 unspecified atom stereocenters. The maximum Gasteiger partial charge on any atom is 0.341 e. The first-order valence-electron chi connectivity index (χ1n) is 4.85. The largest absolute Gasteiger partial charge is 0.382 e. The summed E-state index contributed by atoms with van der Waals surface area (Å²) in [6, 6.07) is 6.52. The standard InChI is InChI=1S/C10H9F2N3O2S/c11-10(12)18(16,17)8-3-1-7(2-4-8)15-6-5-9(13)14-15/h1-6,10H,(H2,13,14). The average molecular weight is 273 g/mol. The summed E-state index contributed by atoms with van der Waals surface area (Å²) in [5.74, 6) is -3.12. The molecule has 0 aliphatic rings. The van der Waals surface area contributed by atoms with Gasteiger partial charge in [0.25, 0.3) is 0 Å². The van der Waals surface area contributed by atoms with Crippen LogP contribution in [0.2, 0.25) is 0 Å². The first-order valence-corrected chi connectivity index (χ1v) is 6.39. The second-order valence-corrected chi connectivity index (χ2v) is 5.40. The van der Waals surface area contributed by atoms with Crippen LogP contribution in [0, 0.1) is 0 Å². The van der Waals surface area contributed by atoms with Crippen LogP contribution in [0.5, 0.6) is 0 Å². The van der Waals surface area contributed by atoms with Crippen LogP contribution < -0.4 is 5.73 Å². The lowest BCUT2D eigenvalue weighted by atomic mass is 10.3. The molecule has 2 rings (SSSR count). The molecule has 5 nitrogen and oxygen atoms in total. The number of alkyl halides is 2. The molecule has 0 aliphatic heterocycles. The van der Waals surface area contributed by atoms with Crippen LogP contribution in [-0.2, 0) is 9.84 Å². The zero-order valence-electron chi connectivity index (χ0n) is 8.99. The fraction of sp³-hybridized carbons (Fsp3) is 0.100. The molecule has 1 aromatic heterocycles. The van der Waals surface area contributed by atoms with E-state index in [0.29, 0.717) is 11.5 Å². The molecule has 96 valence electrons. The summed E-state index contributed by atoms with van der Waals surface area (Å²) in [7, 11) is -4.56. The third kappa shape index (κ3) is 2.19. The summed E-state index contributed by atoms with van der Waals surface area (Å²) in [5.41, 5.74) is 5.96. The normalized spacial score (nSPS) is 11.9. The Kier molecular flexibility index (Phi) is 3.04. The third-order valence-electron chi connectivity index (χ3n) is 2.27. The Labute approximate surface area is 102 Å². The summed E-state index contributed by atoms with van der Waals surface area (Å²) in [6.45, 7) is 0. The summed E-state index contributed by atoms with van der Waals surface area (Å²) >= 11 is 0. The molecule has 8 heteroatoms. The minimum absolute atomic E-state index is 0.305. The number of rotatable bonds is 3. The lowest BCUT2D eigenvalue weighted by molar-refractivity contribution is 0.234. The lowest BCUT2D eigenvalue weighted by Gasteiger charge is -2.05. The van der Waals surface area contributed by atoms with Crippen molar-refractivity contribution < 1.29 is 17.2 Å². The summed E-state index contributed by atoms with van der Waals surface area (Å²) < 4.78 is 48.4. The Morgan fingerprint density at radius 2 is 1.78 bits per heavy atom. The number of sulfone groups is 1. The number of nitrogens with two attached hydrogens (primary N) is 1. The number of benzene rings is 1. The first kappa shape index (κ1) is 12.5. The molecule has 1 aromatic carbocycles. The van der Waals surface area contributed by atoms with Crippen molar-refractivity contribution >= 4 is 15.7 Å². The Hall–Kier alpha value is -1.96. The molecule has 0 saturated heterocycles. The average Bonchev–Trinajstić information content (AvgIpc) is 2.76. The molecule has 2 aromatic rings. The minimum atomic E-state index is -4.56. The fourth-order valence-electron chi connectivity index (χ4n) is 1.37. The first-order chi connectivity index (χ1) is 8.41. The van der Waals surface area contributed by atoms with Crippen molar-refractivity contribution in [3.63, 3.8) is 0 Å². The van der Waals surface area contributed by atoms with Crippen molar-refractivity contribution in [2.45, 2.75) is 10.7 Å². The number of hydrogen-bond donors (Lipinski definition) is 1. The highest BCUT2D eigenvalue weighted by molar-refractivity contribution is 7.91. The molecular formula is C10H9F2N3O2S. The van der Waals surface area contributed by atoms with E-state index in [2.05, 4.69) is 5.10 Å². The van der Waals surface area contributed by atoms with Gasteiger partial charge in [-0.05, 0) is 24.3 Å². The second kappa shape index (κ2) is 4.37. The SMILES string of the molecule is Nc1ccn(-c2ccc(S(=O)(=O)C(F)F)cc2)n1. The maximum absolute atomic E-state index is 12.3. The molecule has 0 saturated carbocycles. The zero-order valence-corrected chi connectivity index (χ0v) is 9.81. The Morgan fingerprint density at radius 3 is 2.22 bits per heavy atom. The molecule has 0 atom stereocenters. The van der Waals surface area contributed by atoms with Gasteiger partial charge in [0, 0.05) is 12.3 Å². The van der Waals surface area contributed by atoms with Gasteiger partial charge in [-0.2, -0.15) is 13.9 Å². The molecule has 2 N–H and O–H groups in total. The lowest BCUT2D eigenvalue weighted by Crippen LogP contribution is -2.11. The smallest absolute Gasteiger partial charge is 0.341 e. The minimum Gasteiger partial charge on any atom is -0.382 e. The van der Waals surface area contributed by atoms with Gasteiger partial charge in [-0.25, -0.2) is 13.1 Å². The predicted molar refractivity (Wildman–Crippen MR) is 61.2 cm³/mol. The highest BCUT2D eigenvalue weighted by Gasteiger charge is 2.26. The van der Waals surface area contributed by atoms with E-state index in [-0.39, 0.29) is 0 Å². The Balaban J connectivity index is 2.37. The Bertz CT molecular complexity index is 650. The van der Waals surface area contributed by atoms with Gasteiger partial charge in [0.05, 0.1) is 10.6 Å². The summed E-state index contributed by atoms with van der Waals surface area (Å²) in [6.07, 6.45) is 1.58. The third-order valence-corrected chi connectivity index (χ3v) is 3.67. The van der Waals surface area contributed by atoms with Gasteiger partial charge < -0.3 is 5.73 Å². The van der Waals surface area contributed by atoms with E-state index in [0.717, 1.165) is 12.1 Å². The Morgan fingerprint density at radius 1 is 1.17 bits per heavy atom. The molecule has 0 amide bonds. The van der Waals surface area contributed by atoms with Gasteiger partial charge in [-0.3, -0.25) is 0 Å². The van der Waals surface area contributed by atoms with Crippen molar-refractivity contribution in [1.29, 1.82) is 0 Å². The van der Waals surface area contributed by atoms with Crippen LogP contribution in [0.25, 0.3) is 5.69 Å². The van der Waals surface area contributed by atoms with E-state index < -0.39 is 20.5 Å². The van der Waals surface area contributed by atoms with Crippen molar-refractivity contribution in [3.05, 3.63) is 36.5 Å². The van der Waals surface area contributed by atoms with Crippen LogP contribution in [0.1, 0.15) is 0 Å². The van der Waals surface area contributed by atoms with Crippen molar-refractivity contribution in [1.82, 2.24) is 9.78 Å². The molecular weight excluding hydrogens is 264 g/mol. The number of halogens is 2. The highest BCUT2D eigenvalue weighted by atomic mass is 32.2. The molecule has 1 heterocycles. The van der Waals surface area contributed by atoms with Crippen LogP contribution in [0.4, 0.5) is 14.6 Å². The molecule has 0 radical (unpaired) electrons. The topological polar surface area (TPSA) is 78.0 Å². The summed E-state index contributed by atoms with van der Waals surface area (Å²) in [5, 5.41) is 3.90. The number of nitrogen functional groups attached to an aromatic ring is 1. The molecule has 18 heavy (non-hydrogen) atoms. The monoisotopic (exact) mass is 273 g/mol. The van der Waals surface area contributed by atoms with Gasteiger partial charge in [0.1, 0.15) is 5.82 Å².